The summed E-state index contributed by atoms with van der Waals surface area (Å²) in [5.41, 5.74) is 0.896. The Hall–Kier alpha value is -2.15. The Morgan fingerprint density at radius 3 is 2.86 bits per heavy atom. The fraction of sp³-hybridized carbons (Fsp3) is 0. The Kier molecular flexibility index (Phi) is 1.99. The molecular weight excluding hydrogens is 181 g/mol. The number of rotatable bonds is 1. The third-order valence-corrected chi connectivity index (χ3v) is 1.81. The molecule has 0 aliphatic rings. The third-order valence-electron chi connectivity index (χ3n) is 1.81. The van der Waals surface area contributed by atoms with Gasteiger partial charge in [-0.05, 0) is 18.2 Å². The number of hydrogen-bond acceptors (Lipinski definition) is 2. The zero-order valence-electron chi connectivity index (χ0n) is 7.18. The van der Waals surface area contributed by atoms with Gasteiger partial charge in [-0.1, -0.05) is 0 Å². The summed E-state index contributed by atoms with van der Waals surface area (Å²) in [6, 6.07) is 6.04. The minimum Gasteiger partial charge on any atom is -0.306 e. The largest absolute Gasteiger partial charge is 0.306 e. The van der Waals surface area contributed by atoms with Crippen LogP contribution in [-0.4, -0.2) is 9.55 Å². The Balaban J connectivity index is 2.55. The maximum absolute atomic E-state index is 13.0. The van der Waals surface area contributed by atoms with E-state index in [0.29, 0.717) is 11.3 Å². The molecule has 4 heteroatoms. The van der Waals surface area contributed by atoms with E-state index in [1.54, 1.807) is 29.4 Å². The summed E-state index contributed by atoms with van der Waals surface area (Å²) < 4.78 is 14.7. The highest BCUT2D eigenvalue weighted by atomic mass is 19.1. The fourth-order valence-corrected chi connectivity index (χ4v) is 1.20. The summed E-state index contributed by atoms with van der Waals surface area (Å²) >= 11 is 0. The predicted octanol–water partition coefficient (Wildman–Crippen LogP) is 1.88. The molecule has 0 atom stereocenters. The van der Waals surface area contributed by atoms with Crippen molar-refractivity contribution in [2.24, 2.45) is 0 Å². The van der Waals surface area contributed by atoms with Crippen LogP contribution in [0.2, 0.25) is 0 Å². The van der Waals surface area contributed by atoms with Crippen LogP contribution in [0.3, 0.4) is 0 Å². The van der Waals surface area contributed by atoms with Crippen molar-refractivity contribution in [3.63, 3.8) is 0 Å². The maximum Gasteiger partial charge on any atom is 0.126 e. The Morgan fingerprint density at radius 1 is 1.36 bits per heavy atom. The van der Waals surface area contributed by atoms with Gasteiger partial charge >= 0.3 is 0 Å². The number of halogens is 1. The lowest BCUT2D eigenvalue weighted by atomic mass is 10.2. The predicted molar refractivity (Wildman–Crippen MR) is 48.2 cm³/mol. The van der Waals surface area contributed by atoms with E-state index < -0.39 is 5.82 Å². The highest BCUT2D eigenvalue weighted by Gasteiger charge is 2.01. The molecule has 0 aliphatic carbocycles. The smallest absolute Gasteiger partial charge is 0.126 e. The first-order valence-electron chi connectivity index (χ1n) is 3.98. The molecule has 0 unspecified atom stereocenters. The van der Waals surface area contributed by atoms with Crippen molar-refractivity contribution in [3.8, 4) is 11.8 Å². The van der Waals surface area contributed by atoms with E-state index >= 15 is 0 Å². The summed E-state index contributed by atoms with van der Waals surface area (Å²) in [5.74, 6) is -0.423. The molecule has 2 rings (SSSR count). The Bertz CT molecular complexity index is 483. The molecule has 0 radical (unpaired) electrons. The normalized spacial score (nSPS) is 9.71. The van der Waals surface area contributed by atoms with Crippen LogP contribution in [0.4, 0.5) is 4.39 Å². The van der Waals surface area contributed by atoms with Crippen molar-refractivity contribution >= 4 is 0 Å². The van der Waals surface area contributed by atoms with Gasteiger partial charge in [-0.25, -0.2) is 9.37 Å². The Morgan fingerprint density at radius 2 is 2.21 bits per heavy atom. The quantitative estimate of drug-likeness (QED) is 0.684. The van der Waals surface area contributed by atoms with Crippen LogP contribution in [0.25, 0.3) is 5.69 Å². The summed E-state index contributed by atoms with van der Waals surface area (Å²) in [5, 5.41) is 8.64. The minimum absolute atomic E-state index is 0.300. The minimum atomic E-state index is -0.423. The van der Waals surface area contributed by atoms with Crippen LogP contribution in [0, 0.1) is 17.1 Å². The van der Waals surface area contributed by atoms with E-state index in [1.165, 1.54) is 12.1 Å². The molecule has 3 nitrogen and oxygen atoms in total. The van der Waals surface area contributed by atoms with Gasteiger partial charge in [-0.15, -0.1) is 0 Å². The summed E-state index contributed by atoms with van der Waals surface area (Å²) in [7, 11) is 0. The molecule has 0 amide bonds. The zero-order valence-corrected chi connectivity index (χ0v) is 7.18. The van der Waals surface area contributed by atoms with Gasteiger partial charge in [0, 0.05) is 12.4 Å². The molecule has 0 N–H and O–H groups in total. The maximum atomic E-state index is 13.0. The van der Waals surface area contributed by atoms with Crippen LogP contribution in [-0.2, 0) is 0 Å². The van der Waals surface area contributed by atoms with Crippen LogP contribution >= 0.6 is 0 Å². The highest BCUT2D eigenvalue weighted by molar-refractivity contribution is 5.41. The first-order chi connectivity index (χ1) is 6.79. The average molecular weight is 187 g/mol. The molecule has 0 saturated heterocycles. The lowest BCUT2D eigenvalue weighted by Crippen LogP contribution is -1.92. The molecule has 0 aliphatic heterocycles. The lowest BCUT2D eigenvalue weighted by molar-refractivity contribution is 0.626. The molecule has 2 aromatic rings. The van der Waals surface area contributed by atoms with Gasteiger partial charge in [0.1, 0.15) is 5.82 Å². The van der Waals surface area contributed by atoms with E-state index in [1.807, 2.05) is 6.07 Å². The summed E-state index contributed by atoms with van der Waals surface area (Å²) in [4.78, 5) is 3.84. The molecule has 14 heavy (non-hydrogen) atoms. The first-order valence-corrected chi connectivity index (χ1v) is 3.98. The van der Waals surface area contributed by atoms with E-state index in [2.05, 4.69) is 4.98 Å². The standard InChI is InChI=1S/C10H6FN3/c11-9-3-8(6-12)4-10(5-9)14-2-1-13-7-14/h1-5,7H. The molecule has 0 saturated carbocycles. The zero-order chi connectivity index (χ0) is 9.97. The van der Waals surface area contributed by atoms with Gasteiger partial charge in [0.15, 0.2) is 0 Å². The van der Waals surface area contributed by atoms with E-state index in [0.717, 1.165) is 0 Å². The molecule has 0 fully saturated rings. The highest BCUT2D eigenvalue weighted by Crippen LogP contribution is 2.12. The van der Waals surface area contributed by atoms with Crippen molar-refractivity contribution in [1.29, 1.82) is 5.26 Å². The van der Waals surface area contributed by atoms with Gasteiger partial charge in [-0.2, -0.15) is 5.26 Å². The van der Waals surface area contributed by atoms with Crippen LogP contribution in [0.15, 0.2) is 36.9 Å². The summed E-state index contributed by atoms with van der Waals surface area (Å²) in [6.07, 6.45) is 4.84. The van der Waals surface area contributed by atoms with Crippen molar-refractivity contribution in [2.45, 2.75) is 0 Å². The topological polar surface area (TPSA) is 41.6 Å². The molecule has 0 spiro atoms. The van der Waals surface area contributed by atoms with Crippen molar-refractivity contribution in [2.75, 3.05) is 0 Å². The number of benzene rings is 1. The molecule has 68 valence electrons. The number of aromatic nitrogens is 2. The van der Waals surface area contributed by atoms with Crippen molar-refractivity contribution < 1.29 is 4.39 Å². The van der Waals surface area contributed by atoms with Crippen molar-refractivity contribution in [3.05, 3.63) is 48.3 Å². The Labute approximate surface area is 80.1 Å². The van der Waals surface area contributed by atoms with Crippen LogP contribution in [0.5, 0.6) is 0 Å². The van der Waals surface area contributed by atoms with Crippen molar-refractivity contribution in [1.82, 2.24) is 9.55 Å². The molecule has 1 aromatic carbocycles. The first kappa shape index (κ1) is 8.45. The summed E-state index contributed by atoms with van der Waals surface area (Å²) in [6.45, 7) is 0. The van der Waals surface area contributed by atoms with Gasteiger partial charge in [-0.3, -0.25) is 0 Å². The van der Waals surface area contributed by atoms with Gasteiger partial charge in [0.2, 0.25) is 0 Å². The lowest BCUT2D eigenvalue weighted by Gasteiger charge is -2.01. The monoisotopic (exact) mass is 187 g/mol. The van der Waals surface area contributed by atoms with Gasteiger partial charge < -0.3 is 4.57 Å². The molecule has 1 heterocycles. The molecule has 1 aromatic heterocycles. The van der Waals surface area contributed by atoms with Gasteiger partial charge in [0.05, 0.1) is 23.6 Å². The number of hydrogen-bond donors (Lipinski definition) is 0. The number of imidazole rings is 1. The molecule has 0 bridgehead atoms. The number of nitriles is 1. The van der Waals surface area contributed by atoms with E-state index in [-0.39, 0.29) is 0 Å². The average Bonchev–Trinajstić information content (AvgIpc) is 2.69. The second-order valence-corrected chi connectivity index (χ2v) is 2.78. The fourth-order valence-electron chi connectivity index (χ4n) is 1.20. The SMILES string of the molecule is N#Cc1cc(F)cc(-n2ccnc2)c1. The third kappa shape index (κ3) is 1.48. The second kappa shape index (κ2) is 3.30. The number of nitrogens with zero attached hydrogens (tertiary/aromatic N) is 3. The van der Waals surface area contributed by atoms with Crippen LogP contribution in [0.1, 0.15) is 5.56 Å². The van der Waals surface area contributed by atoms with E-state index in [9.17, 15) is 4.39 Å². The van der Waals surface area contributed by atoms with E-state index in [4.69, 9.17) is 5.26 Å². The second-order valence-electron chi connectivity index (χ2n) is 2.78. The molecular formula is C10H6FN3. The van der Waals surface area contributed by atoms with Crippen LogP contribution < -0.4 is 0 Å². The van der Waals surface area contributed by atoms with Gasteiger partial charge in [0.25, 0.3) is 0 Å².